The first-order valence-electron chi connectivity index (χ1n) is 4.40. The van der Waals surface area contributed by atoms with Crippen LogP contribution in [0.5, 0.6) is 0 Å². The first-order valence-corrected chi connectivity index (χ1v) is 4.83. The van der Waals surface area contributed by atoms with Crippen LogP contribution >= 0.6 is 11.6 Å². The highest BCUT2D eigenvalue weighted by molar-refractivity contribution is 6.25. The number of anilines is 1. The second kappa shape index (κ2) is 5.01. The van der Waals surface area contributed by atoms with Gasteiger partial charge >= 0.3 is 0 Å². The molecule has 0 heterocycles. The molecule has 76 valence electrons. The van der Waals surface area contributed by atoms with Crippen LogP contribution in [0, 0.1) is 12.7 Å². The predicted molar refractivity (Wildman–Crippen MR) is 59.2 cm³/mol. The number of hydrogen-bond acceptors (Lipinski definition) is 1. The maximum Gasteiger partial charge on any atom is 0.146 e. The summed E-state index contributed by atoms with van der Waals surface area (Å²) in [5.74, 6) is -0.229. The third-order valence-electron chi connectivity index (χ3n) is 1.95. The molecule has 0 spiro atoms. The van der Waals surface area contributed by atoms with Crippen molar-refractivity contribution in [3.63, 3.8) is 0 Å². The Kier molecular flexibility index (Phi) is 3.96. The summed E-state index contributed by atoms with van der Waals surface area (Å²) in [5, 5.41) is 3.00. The lowest BCUT2D eigenvalue weighted by molar-refractivity contribution is 0.629. The molecule has 0 radical (unpaired) electrons. The van der Waals surface area contributed by atoms with E-state index in [1.807, 2.05) is 19.9 Å². The second-order valence-corrected chi connectivity index (χ2v) is 3.46. The Balaban J connectivity index is 2.76. The van der Waals surface area contributed by atoms with E-state index in [9.17, 15) is 4.39 Å². The van der Waals surface area contributed by atoms with Crippen LogP contribution in [0.15, 0.2) is 29.3 Å². The van der Waals surface area contributed by atoms with Gasteiger partial charge in [0.2, 0.25) is 0 Å². The standard InChI is InChI=1S/C11H13ClFN/c1-8(6-12)7-14-11-9(2)4-3-5-10(11)13/h3-6,14H,7H2,1-2H3/b8-6-. The molecule has 0 atom stereocenters. The van der Waals surface area contributed by atoms with Crippen LogP contribution in [0.1, 0.15) is 12.5 Å². The van der Waals surface area contributed by atoms with E-state index in [1.165, 1.54) is 11.6 Å². The summed E-state index contributed by atoms with van der Waals surface area (Å²) in [7, 11) is 0. The third-order valence-corrected chi connectivity index (χ3v) is 2.32. The number of para-hydroxylation sites is 1. The summed E-state index contributed by atoms with van der Waals surface area (Å²) < 4.78 is 13.3. The Morgan fingerprint density at radius 3 is 2.86 bits per heavy atom. The lowest BCUT2D eigenvalue weighted by Gasteiger charge is -2.10. The van der Waals surface area contributed by atoms with Crippen LogP contribution in [0.2, 0.25) is 0 Å². The van der Waals surface area contributed by atoms with Gasteiger partial charge < -0.3 is 5.32 Å². The van der Waals surface area contributed by atoms with Crippen molar-refractivity contribution in [2.75, 3.05) is 11.9 Å². The van der Waals surface area contributed by atoms with Crippen molar-refractivity contribution in [2.45, 2.75) is 13.8 Å². The molecule has 0 aliphatic carbocycles. The highest BCUT2D eigenvalue weighted by Crippen LogP contribution is 2.18. The van der Waals surface area contributed by atoms with Crippen molar-refractivity contribution < 1.29 is 4.39 Å². The second-order valence-electron chi connectivity index (χ2n) is 3.24. The van der Waals surface area contributed by atoms with Gasteiger partial charge in [0.1, 0.15) is 5.82 Å². The van der Waals surface area contributed by atoms with Crippen molar-refractivity contribution >= 4 is 17.3 Å². The van der Waals surface area contributed by atoms with E-state index < -0.39 is 0 Å². The Morgan fingerprint density at radius 1 is 1.57 bits per heavy atom. The minimum absolute atomic E-state index is 0.229. The molecule has 1 aromatic rings. The molecule has 0 unspecified atom stereocenters. The van der Waals surface area contributed by atoms with Crippen LogP contribution in [0.25, 0.3) is 0 Å². The van der Waals surface area contributed by atoms with Crippen LogP contribution in [0.3, 0.4) is 0 Å². The molecule has 1 nitrogen and oxygen atoms in total. The van der Waals surface area contributed by atoms with Gasteiger partial charge in [-0.15, -0.1) is 0 Å². The van der Waals surface area contributed by atoms with Gasteiger partial charge in [-0.2, -0.15) is 0 Å². The number of halogens is 2. The minimum atomic E-state index is -0.229. The maximum absolute atomic E-state index is 13.3. The fourth-order valence-corrected chi connectivity index (χ4v) is 1.20. The largest absolute Gasteiger partial charge is 0.379 e. The van der Waals surface area contributed by atoms with Gasteiger partial charge in [0.25, 0.3) is 0 Å². The number of nitrogens with one attached hydrogen (secondary N) is 1. The number of rotatable bonds is 3. The topological polar surface area (TPSA) is 12.0 Å². The van der Waals surface area contributed by atoms with Gasteiger partial charge in [-0.3, -0.25) is 0 Å². The van der Waals surface area contributed by atoms with E-state index in [2.05, 4.69) is 5.32 Å². The molecular formula is C11H13ClFN. The zero-order valence-electron chi connectivity index (χ0n) is 8.27. The zero-order chi connectivity index (χ0) is 10.6. The predicted octanol–water partition coefficient (Wildman–Crippen LogP) is 3.69. The molecule has 0 aliphatic rings. The molecule has 1 N–H and O–H groups in total. The number of aryl methyl sites for hydroxylation is 1. The third kappa shape index (κ3) is 2.74. The Labute approximate surface area is 88.6 Å². The van der Waals surface area contributed by atoms with E-state index in [0.717, 1.165) is 11.1 Å². The molecule has 0 aromatic heterocycles. The molecule has 0 amide bonds. The van der Waals surface area contributed by atoms with Gasteiger partial charge in [-0.05, 0) is 31.1 Å². The van der Waals surface area contributed by atoms with E-state index in [-0.39, 0.29) is 5.82 Å². The van der Waals surface area contributed by atoms with E-state index in [4.69, 9.17) is 11.6 Å². The number of benzene rings is 1. The van der Waals surface area contributed by atoms with Crippen LogP contribution in [0.4, 0.5) is 10.1 Å². The molecule has 0 saturated carbocycles. The molecule has 1 rings (SSSR count). The first-order chi connectivity index (χ1) is 6.65. The van der Waals surface area contributed by atoms with Gasteiger partial charge in [0.15, 0.2) is 0 Å². The first kappa shape index (κ1) is 11.1. The van der Waals surface area contributed by atoms with Gasteiger partial charge in [-0.1, -0.05) is 23.7 Å². The average molecular weight is 214 g/mol. The summed E-state index contributed by atoms with van der Waals surface area (Å²) in [6.07, 6.45) is 0. The maximum atomic E-state index is 13.3. The van der Waals surface area contributed by atoms with Crippen molar-refractivity contribution in [3.05, 3.63) is 40.7 Å². The fraction of sp³-hybridized carbons (Fsp3) is 0.273. The van der Waals surface area contributed by atoms with Gasteiger partial charge in [0, 0.05) is 12.1 Å². The Bertz CT molecular complexity index is 327. The van der Waals surface area contributed by atoms with E-state index in [0.29, 0.717) is 12.2 Å². The number of hydrogen-bond donors (Lipinski definition) is 1. The highest BCUT2D eigenvalue weighted by atomic mass is 35.5. The normalized spacial score (nSPS) is 11.6. The van der Waals surface area contributed by atoms with Crippen molar-refractivity contribution in [2.24, 2.45) is 0 Å². The monoisotopic (exact) mass is 213 g/mol. The molecule has 0 saturated heterocycles. The summed E-state index contributed by atoms with van der Waals surface area (Å²) in [4.78, 5) is 0. The highest BCUT2D eigenvalue weighted by Gasteiger charge is 2.03. The van der Waals surface area contributed by atoms with Crippen molar-refractivity contribution in [3.8, 4) is 0 Å². The average Bonchev–Trinajstić information content (AvgIpc) is 2.16. The Hall–Kier alpha value is -1.02. The van der Waals surface area contributed by atoms with Gasteiger partial charge in [0.05, 0.1) is 5.69 Å². The quantitative estimate of drug-likeness (QED) is 0.808. The molecule has 3 heteroatoms. The molecule has 0 bridgehead atoms. The lowest BCUT2D eigenvalue weighted by atomic mass is 10.2. The van der Waals surface area contributed by atoms with Crippen LogP contribution in [-0.2, 0) is 0 Å². The van der Waals surface area contributed by atoms with Crippen LogP contribution < -0.4 is 5.32 Å². The van der Waals surface area contributed by atoms with Crippen molar-refractivity contribution in [1.29, 1.82) is 0 Å². The fourth-order valence-electron chi connectivity index (χ4n) is 1.12. The van der Waals surface area contributed by atoms with Crippen molar-refractivity contribution in [1.82, 2.24) is 0 Å². The minimum Gasteiger partial charge on any atom is -0.379 e. The summed E-state index contributed by atoms with van der Waals surface area (Å²) in [6.45, 7) is 4.31. The van der Waals surface area contributed by atoms with E-state index >= 15 is 0 Å². The zero-order valence-corrected chi connectivity index (χ0v) is 9.03. The molecule has 1 aromatic carbocycles. The summed E-state index contributed by atoms with van der Waals surface area (Å²) in [6, 6.07) is 5.00. The summed E-state index contributed by atoms with van der Waals surface area (Å²) in [5.41, 5.74) is 3.90. The SMILES string of the molecule is C/C(=C/Cl)CNc1c(C)cccc1F. The smallest absolute Gasteiger partial charge is 0.146 e. The van der Waals surface area contributed by atoms with E-state index in [1.54, 1.807) is 6.07 Å². The molecule has 0 fully saturated rings. The molecular weight excluding hydrogens is 201 g/mol. The van der Waals surface area contributed by atoms with Gasteiger partial charge in [-0.25, -0.2) is 4.39 Å². The molecule has 0 aliphatic heterocycles. The Morgan fingerprint density at radius 2 is 2.29 bits per heavy atom. The lowest BCUT2D eigenvalue weighted by Crippen LogP contribution is -2.05. The van der Waals surface area contributed by atoms with Crippen LogP contribution in [-0.4, -0.2) is 6.54 Å². The summed E-state index contributed by atoms with van der Waals surface area (Å²) >= 11 is 5.50. The molecule has 14 heavy (non-hydrogen) atoms.